The maximum atomic E-state index is 14.6. The van der Waals surface area contributed by atoms with E-state index in [4.69, 9.17) is 16.3 Å². The molecule has 242 valence electrons. The molecule has 0 spiro atoms. The number of nitrogens with one attached hydrogen (secondary N) is 1. The molecule has 4 aromatic carbocycles. The second kappa shape index (κ2) is 16.5. The molecule has 8 nitrogen and oxygen atoms in total. The summed E-state index contributed by atoms with van der Waals surface area (Å²) in [6.07, 6.45) is 2.13. The molecule has 0 aromatic heterocycles. The molecule has 0 radical (unpaired) electrons. The summed E-state index contributed by atoms with van der Waals surface area (Å²) < 4.78 is 35.6. The van der Waals surface area contributed by atoms with Crippen LogP contribution in [0.2, 0.25) is 5.02 Å². The summed E-state index contributed by atoms with van der Waals surface area (Å²) in [6.45, 7) is 3.74. The fourth-order valence-electron chi connectivity index (χ4n) is 4.96. The predicted molar refractivity (Wildman–Crippen MR) is 185 cm³/mol. The van der Waals surface area contributed by atoms with Gasteiger partial charge in [-0.25, -0.2) is 8.42 Å². The van der Waals surface area contributed by atoms with E-state index in [9.17, 15) is 18.0 Å². The summed E-state index contributed by atoms with van der Waals surface area (Å²) in [5.41, 5.74) is 1.81. The highest BCUT2D eigenvalue weighted by molar-refractivity contribution is 7.98. The Morgan fingerprint density at radius 1 is 0.870 bits per heavy atom. The number of thioether (sulfide) groups is 1. The average Bonchev–Trinajstić information content (AvgIpc) is 3.07. The molecular formula is C35H38ClN3O5S2. The lowest BCUT2D eigenvalue weighted by molar-refractivity contribution is -0.140. The van der Waals surface area contributed by atoms with Gasteiger partial charge < -0.3 is 15.0 Å². The number of anilines is 1. The van der Waals surface area contributed by atoms with E-state index in [1.54, 1.807) is 67.6 Å². The number of hydrogen-bond donors (Lipinski definition) is 1. The summed E-state index contributed by atoms with van der Waals surface area (Å²) in [5, 5.41) is 3.40. The first-order valence-electron chi connectivity index (χ1n) is 14.9. The normalized spacial score (nSPS) is 11.8. The Labute approximate surface area is 280 Å². The molecule has 0 bridgehead atoms. The van der Waals surface area contributed by atoms with Crippen LogP contribution in [-0.2, 0) is 32.6 Å². The van der Waals surface area contributed by atoms with Gasteiger partial charge in [0, 0.05) is 29.4 Å². The minimum Gasteiger partial charge on any atom is -0.492 e. The molecule has 2 amide bonds. The van der Waals surface area contributed by atoms with Gasteiger partial charge in [-0.05, 0) is 79.8 Å². The lowest BCUT2D eigenvalue weighted by Crippen LogP contribution is -2.53. The van der Waals surface area contributed by atoms with Gasteiger partial charge in [-0.3, -0.25) is 13.9 Å². The predicted octanol–water partition coefficient (Wildman–Crippen LogP) is 6.43. The van der Waals surface area contributed by atoms with Crippen molar-refractivity contribution in [1.82, 2.24) is 10.2 Å². The number of likely N-dealkylation sites (N-methyl/N-ethyl adjacent to an activating group) is 1. The molecular weight excluding hydrogens is 642 g/mol. The van der Waals surface area contributed by atoms with Crippen LogP contribution in [0, 0.1) is 0 Å². The van der Waals surface area contributed by atoms with Crippen LogP contribution in [-0.4, -0.2) is 57.1 Å². The third-order valence-electron chi connectivity index (χ3n) is 7.25. The van der Waals surface area contributed by atoms with Crippen LogP contribution in [0.15, 0.2) is 113 Å². The number of rotatable bonds is 15. The number of nitrogens with zero attached hydrogens (tertiary/aromatic N) is 2. The van der Waals surface area contributed by atoms with Crippen LogP contribution in [0.25, 0.3) is 0 Å². The lowest BCUT2D eigenvalue weighted by Gasteiger charge is -2.34. The van der Waals surface area contributed by atoms with Gasteiger partial charge >= 0.3 is 0 Å². The Hall–Kier alpha value is -3.99. The fourth-order valence-corrected chi connectivity index (χ4v) is 6.92. The van der Waals surface area contributed by atoms with Crippen LogP contribution < -0.4 is 14.4 Å². The molecule has 1 unspecified atom stereocenters. The summed E-state index contributed by atoms with van der Waals surface area (Å²) >= 11 is 7.64. The zero-order chi connectivity index (χ0) is 33.1. The molecule has 46 heavy (non-hydrogen) atoms. The van der Waals surface area contributed by atoms with Crippen molar-refractivity contribution in [3.63, 3.8) is 0 Å². The summed E-state index contributed by atoms with van der Waals surface area (Å²) in [7, 11) is -4.26. The quantitative estimate of drug-likeness (QED) is 0.146. The molecule has 11 heteroatoms. The van der Waals surface area contributed by atoms with Crippen molar-refractivity contribution in [3.05, 3.63) is 119 Å². The maximum absolute atomic E-state index is 14.6. The zero-order valence-electron chi connectivity index (χ0n) is 26.1. The smallest absolute Gasteiger partial charge is 0.264 e. The highest BCUT2D eigenvalue weighted by Crippen LogP contribution is 2.33. The van der Waals surface area contributed by atoms with Gasteiger partial charge in [0.1, 0.15) is 18.3 Å². The lowest BCUT2D eigenvalue weighted by atomic mass is 10.0. The van der Waals surface area contributed by atoms with Gasteiger partial charge in [-0.2, -0.15) is 0 Å². The monoisotopic (exact) mass is 679 g/mol. The molecule has 4 rings (SSSR count). The molecule has 0 fully saturated rings. The average molecular weight is 680 g/mol. The molecule has 0 aliphatic heterocycles. The van der Waals surface area contributed by atoms with E-state index in [0.717, 1.165) is 20.3 Å². The SMILES string of the molecule is CCNC(=O)C(Cc1ccccc1)N(Cc1ccc(Cl)cc1)C(=O)CN(c1ccccc1OCC)S(=O)(=O)c1ccc(SC)cc1. The minimum atomic E-state index is -4.26. The molecule has 0 saturated carbocycles. The van der Waals surface area contributed by atoms with Gasteiger partial charge in [0.25, 0.3) is 10.0 Å². The number of hydrogen-bond acceptors (Lipinski definition) is 6. The van der Waals surface area contributed by atoms with E-state index in [2.05, 4.69) is 5.32 Å². The van der Waals surface area contributed by atoms with Crippen LogP contribution in [0.1, 0.15) is 25.0 Å². The Morgan fingerprint density at radius 3 is 2.15 bits per heavy atom. The van der Waals surface area contributed by atoms with Crippen molar-refractivity contribution >= 4 is 50.9 Å². The molecule has 0 aliphatic rings. The van der Waals surface area contributed by atoms with Crippen LogP contribution >= 0.6 is 23.4 Å². The van der Waals surface area contributed by atoms with Crippen LogP contribution in [0.4, 0.5) is 5.69 Å². The molecule has 0 saturated heterocycles. The standard InChI is InChI=1S/C35H38ClN3O5S2/c1-4-37-35(41)32(23-26-11-7-6-8-12-26)38(24-27-15-17-28(36)18-16-27)34(40)25-39(31-13-9-10-14-33(31)44-5-2)46(42,43)30-21-19-29(45-3)20-22-30/h6-22,32H,4-5,23-25H2,1-3H3,(H,37,41). The Bertz CT molecular complexity index is 1700. The van der Waals surface area contributed by atoms with Crippen molar-refractivity contribution in [3.8, 4) is 5.75 Å². The van der Waals surface area contributed by atoms with Gasteiger partial charge in [0.05, 0.1) is 17.2 Å². The topological polar surface area (TPSA) is 96.0 Å². The Morgan fingerprint density at radius 2 is 1.52 bits per heavy atom. The highest BCUT2D eigenvalue weighted by Gasteiger charge is 2.35. The van der Waals surface area contributed by atoms with Gasteiger partial charge in [-0.15, -0.1) is 11.8 Å². The van der Waals surface area contributed by atoms with E-state index in [-0.39, 0.29) is 29.5 Å². The third kappa shape index (κ3) is 8.84. The highest BCUT2D eigenvalue weighted by atomic mass is 35.5. The number of amides is 2. The number of para-hydroxylation sites is 2. The van der Waals surface area contributed by atoms with Gasteiger partial charge in [0.2, 0.25) is 11.8 Å². The van der Waals surface area contributed by atoms with Crippen molar-refractivity contribution in [2.45, 2.75) is 42.6 Å². The molecule has 1 atom stereocenters. The first-order valence-corrected chi connectivity index (χ1v) is 18.0. The summed E-state index contributed by atoms with van der Waals surface area (Å²) in [5.74, 6) is -0.584. The second-order valence-electron chi connectivity index (χ2n) is 10.3. The number of sulfonamides is 1. The first kappa shape index (κ1) is 34.9. The molecule has 1 N–H and O–H groups in total. The summed E-state index contributed by atoms with van der Waals surface area (Å²) in [4.78, 5) is 30.6. The van der Waals surface area contributed by atoms with Gasteiger partial charge in [-0.1, -0.05) is 66.2 Å². The second-order valence-corrected chi connectivity index (χ2v) is 13.5. The third-order valence-corrected chi connectivity index (χ3v) is 10.0. The zero-order valence-corrected chi connectivity index (χ0v) is 28.4. The van der Waals surface area contributed by atoms with Crippen LogP contribution in [0.3, 0.4) is 0 Å². The minimum absolute atomic E-state index is 0.0261. The summed E-state index contributed by atoms with van der Waals surface area (Å²) in [6, 6.07) is 28.7. The van der Waals surface area contributed by atoms with Crippen molar-refractivity contribution < 1.29 is 22.7 Å². The van der Waals surface area contributed by atoms with Crippen molar-refractivity contribution in [1.29, 1.82) is 0 Å². The number of ether oxygens (including phenoxy) is 1. The van der Waals surface area contributed by atoms with E-state index in [1.807, 2.05) is 43.5 Å². The van der Waals surface area contributed by atoms with Gasteiger partial charge in [0.15, 0.2) is 0 Å². The van der Waals surface area contributed by atoms with E-state index >= 15 is 0 Å². The molecule has 0 heterocycles. The number of halogens is 1. The number of carbonyl (C=O) groups is 2. The Balaban J connectivity index is 1.82. The number of carbonyl (C=O) groups excluding carboxylic acids is 2. The maximum Gasteiger partial charge on any atom is 0.264 e. The van der Waals surface area contributed by atoms with E-state index < -0.39 is 28.5 Å². The fraction of sp³-hybridized carbons (Fsp3) is 0.257. The van der Waals surface area contributed by atoms with Crippen molar-refractivity contribution in [2.24, 2.45) is 0 Å². The number of benzene rings is 4. The Kier molecular flexibility index (Phi) is 12.5. The largest absolute Gasteiger partial charge is 0.492 e. The molecule has 0 aliphatic carbocycles. The van der Waals surface area contributed by atoms with E-state index in [0.29, 0.717) is 23.9 Å². The first-order chi connectivity index (χ1) is 22.2. The molecule has 4 aromatic rings. The van der Waals surface area contributed by atoms with Crippen molar-refractivity contribution in [2.75, 3.05) is 30.3 Å². The van der Waals surface area contributed by atoms with Crippen LogP contribution in [0.5, 0.6) is 5.75 Å². The van der Waals surface area contributed by atoms with E-state index in [1.165, 1.54) is 28.8 Å².